The van der Waals surface area contributed by atoms with E-state index in [0.717, 1.165) is 30.0 Å². The molecule has 0 atom stereocenters. The summed E-state index contributed by atoms with van der Waals surface area (Å²) < 4.78 is 21.8. The highest BCUT2D eigenvalue weighted by Crippen LogP contribution is 2.30. The zero-order valence-electron chi connectivity index (χ0n) is 17.9. The van der Waals surface area contributed by atoms with Gasteiger partial charge in [-0.1, -0.05) is 13.0 Å². The molecule has 0 unspecified atom stereocenters. The van der Waals surface area contributed by atoms with Gasteiger partial charge in [0.05, 0.1) is 34.5 Å². The van der Waals surface area contributed by atoms with E-state index in [1.165, 1.54) is 0 Å². The number of anilines is 1. The lowest BCUT2D eigenvalue weighted by atomic mass is 10.2. The normalized spacial score (nSPS) is 11.0. The van der Waals surface area contributed by atoms with Crippen molar-refractivity contribution in [3.8, 4) is 23.0 Å². The Bertz CT molecular complexity index is 809. The molecule has 2 rings (SSSR count). The Kier molecular flexibility index (Phi) is 8.95. The first-order valence-electron chi connectivity index (χ1n) is 9.72. The number of nitrogens with one attached hydrogen (secondary N) is 2. The molecule has 7 nitrogen and oxygen atoms in total. The number of nitrogens with zero attached hydrogens (tertiary/aromatic N) is 1. The van der Waals surface area contributed by atoms with Crippen LogP contribution < -0.4 is 29.6 Å². The van der Waals surface area contributed by atoms with Crippen molar-refractivity contribution in [2.75, 3.05) is 39.8 Å². The Morgan fingerprint density at radius 2 is 1.55 bits per heavy atom. The summed E-state index contributed by atoms with van der Waals surface area (Å²) in [4.78, 5) is 4.67. The van der Waals surface area contributed by atoms with Crippen LogP contribution in [0.4, 0.5) is 5.69 Å². The number of benzene rings is 2. The van der Waals surface area contributed by atoms with Crippen LogP contribution in [0.3, 0.4) is 0 Å². The molecule has 0 saturated carbocycles. The second-order valence-electron chi connectivity index (χ2n) is 6.22. The number of ether oxygens (including phenoxy) is 4. The standard InChI is InChI=1S/C22H31N3O4/c1-6-12-29-19-10-8-16(13-20(19)27-4)15-24-22(23-7-2)25-17-9-11-18(26-3)21(14-17)28-5/h8-11,13-14H,6-7,12,15H2,1-5H3,(H2,23,24,25). The maximum absolute atomic E-state index is 5.71. The highest BCUT2D eigenvalue weighted by atomic mass is 16.5. The van der Waals surface area contributed by atoms with Gasteiger partial charge in [0.1, 0.15) is 0 Å². The topological polar surface area (TPSA) is 73.3 Å². The molecule has 0 aliphatic carbocycles. The molecule has 0 amide bonds. The fraction of sp³-hybridized carbons (Fsp3) is 0.409. The molecule has 7 heteroatoms. The van der Waals surface area contributed by atoms with Crippen molar-refractivity contribution < 1.29 is 18.9 Å². The van der Waals surface area contributed by atoms with Gasteiger partial charge in [-0.3, -0.25) is 0 Å². The summed E-state index contributed by atoms with van der Waals surface area (Å²) in [5, 5.41) is 6.54. The molecule has 0 aliphatic heterocycles. The van der Waals surface area contributed by atoms with Crippen molar-refractivity contribution in [3.63, 3.8) is 0 Å². The largest absolute Gasteiger partial charge is 0.493 e. The number of aliphatic imine (C=N–C) groups is 1. The van der Waals surface area contributed by atoms with E-state index in [-0.39, 0.29) is 0 Å². The van der Waals surface area contributed by atoms with Gasteiger partial charge < -0.3 is 29.6 Å². The van der Waals surface area contributed by atoms with Crippen LogP contribution in [0.2, 0.25) is 0 Å². The first kappa shape index (κ1) is 22.2. The van der Waals surface area contributed by atoms with E-state index in [1.807, 2.05) is 43.3 Å². The van der Waals surface area contributed by atoms with E-state index in [2.05, 4.69) is 22.5 Å². The number of methoxy groups -OCH3 is 3. The summed E-state index contributed by atoms with van der Waals surface area (Å²) >= 11 is 0. The summed E-state index contributed by atoms with van der Waals surface area (Å²) in [7, 11) is 4.87. The molecule has 0 aliphatic rings. The molecule has 0 aromatic heterocycles. The molecule has 2 aromatic rings. The summed E-state index contributed by atoms with van der Waals surface area (Å²) in [5.74, 6) is 3.46. The lowest BCUT2D eigenvalue weighted by molar-refractivity contribution is 0.294. The maximum atomic E-state index is 5.71. The molecule has 0 saturated heterocycles. The van der Waals surface area contributed by atoms with Crippen LogP contribution >= 0.6 is 0 Å². The fourth-order valence-corrected chi connectivity index (χ4v) is 2.67. The summed E-state index contributed by atoms with van der Waals surface area (Å²) in [6.07, 6.45) is 0.947. The van der Waals surface area contributed by atoms with E-state index in [4.69, 9.17) is 18.9 Å². The van der Waals surface area contributed by atoms with Gasteiger partial charge in [-0.2, -0.15) is 0 Å². The zero-order valence-corrected chi connectivity index (χ0v) is 17.9. The van der Waals surface area contributed by atoms with Gasteiger partial charge in [0, 0.05) is 18.3 Å². The van der Waals surface area contributed by atoms with E-state index < -0.39 is 0 Å². The molecule has 0 spiro atoms. The third-order valence-electron chi connectivity index (χ3n) is 4.10. The highest BCUT2D eigenvalue weighted by molar-refractivity contribution is 5.93. The first-order chi connectivity index (χ1) is 14.1. The quantitative estimate of drug-likeness (QED) is 0.462. The molecular weight excluding hydrogens is 370 g/mol. The Hall–Kier alpha value is -3.09. The number of guanidine groups is 1. The van der Waals surface area contributed by atoms with Gasteiger partial charge in [0.2, 0.25) is 0 Å². The van der Waals surface area contributed by atoms with Gasteiger partial charge in [0.25, 0.3) is 0 Å². The first-order valence-corrected chi connectivity index (χ1v) is 9.72. The average molecular weight is 402 g/mol. The minimum atomic E-state index is 0.493. The van der Waals surface area contributed by atoms with Crippen LogP contribution in [0.15, 0.2) is 41.4 Å². The molecular formula is C22H31N3O4. The van der Waals surface area contributed by atoms with Crippen LogP contribution in [0.1, 0.15) is 25.8 Å². The third kappa shape index (κ3) is 6.48. The maximum Gasteiger partial charge on any atom is 0.196 e. The summed E-state index contributed by atoms with van der Waals surface area (Å²) in [5.41, 5.74) is 1.87. The predicted molar refractivity (Wildman–Crippen MR) is 117 cm³/mol. The molecule has 0 radical (unpaired) electrons. The number of rotatable bonds is 10. The van der Waals surface area contributed by atoms with Crippen molar-refractivity contribution in [1.82, 2.24) is 5.32 Å². The average Bonchev–Trinajstić information content (AvgIpc) is 2.76. The van der Waals surface area contributed by atoms with Gasteiger partial charge in [-0.25, -0.2) is 4.99 Å². The van der Waals surface area contributed by atoms with Crippen LogP contribution in [-0.4, -0.2) is 40.4 Å². The third-order valence-corrected chi connectivity index (χ3v) is 4.10. The molecule has 0 fully saturated rings. The molecule has 2 N–H and O–H groups in total. The Morgan fingerprint density at radius 1 is 0.862 bits per heavy atom. The molecule has 0 bridgehead atoms. The van der Waals surface area contributed by atoms with Crippen LogP contribution in [-0.2, 0) is 6.54 Å². The van der Waals surface area contributed by atoms with Gasteiger partial charge in [-0.05, 0) is 43.2 Å². The van der Waals surface area contributed by atoms with E-state index in [9.17, 15) is 0 Å². The highest BCUT2D eigenvalue weighted by Gasteiger charge is 2.08. The van der Waals surface area contributed by atoms with Crippen molar-refractivity contribution in [3.05, 3.63) is 42.0 Å². The second-order valence-corrected chi connectivity index (χ2v) is 6.22. The minimum Gasteiger partial charge on any atom is -0.493 e. The Labute approximate surface area is 173 Å². The number of hydrogen-bond donors (Lipinski definition) is 2. The number of hydrogen-bond acceptors (Lipinski definition) is 5. The minimum absolute atomic E-state index is 0.493. The fourth-order valence-electron chi connectivity index (χ4n) is 2.67. The molecule has 2 aromatic carbocycles. The SMILES string of the molecule is CCCOc1ccc(CN=C(NCC)Nc2ccc(OC)c(OC)c2)cc1OC. The second kappa shape index (κ2) is 11.7. The van der Waals surface area contributed by atoms with Gasteiger partial charge in [0.15, 0.2) is 29.0 Å². The van der Waals surface area contributed by atoms with E-state index in [1.54, 1.807) is 21.3 Å². The van der Waals surface area contributed by atoms with Crippen molar-refractivity contribution in [1.29, 1.82) is 0 Å². The zero-order chi connectivity index (χ0) is 21.1. The van der Waals surface area contributed by atoms with Crippen LogP contribution in [0.5, 0.6) is 23.0 Å². The van der Waals surface area contributed by atoms with Crippen LogP contribution in [0.25, 0.3) is 0 Å². The molecule has 158 valence electrons. The van der Waals surface area contributed by atoms with Gasteiger partial charge in [-0.15, -0.1) is 0 Å². The monoisotopic (exact) mass is 401 g/mol. The van der Waals surface area contributed by atoms with Crippen molar-refractivity contribution >= 4 is 11.6 Å². The summed E-state index contributed by atoms with van der Waals surface area (Å²) in [6.45, 7) is 5.99. The predicted octanol–water partition coefficient (Wildman–Crippen LogP) is 4.08. The lowest BCUT2D eigenvalue weighted by Crippen LogP contribution is -2.30. The van der Waals surface area contributed by atoms with Crippen LogP contribution in [0, 0.1) is 0 Å². The van der Waals surface area contributed by atoms with Gasteiger partial charge >= 0.3 is 0 Å². The van der Waals surface area contributed by atoms with E-state index in [0.29, 0.717) is 36.4 Å². The van der Waals surface area contributed by atoms with E-state index >= 15 is 0 Å². The van der Waals surface area contributed by atoms with Crippen molar-refractivity contribution in [2.45, 2.75) is 26.8 Å². The van der Waals surface area contributed by atoms with Crippen molar-refractivity contribution in [2.24, 2.45) is 4.99 Å². The molecule has 29 heavy (non-hydrogen) atoms. The Morgan fingerprint density at radius 3 is 2.21 bits per heavy atom. The Balaban J connectivity index is 2.14. The smallest absolute Gasteiger partial charge is 0.196 e. The molecule has 0 heterocycles. The lowest BCUT2D eigenvalue weighted by Gasteiger charge is -2.14. The summed E-state index contributed by atoms with van der Waals surface area (Å²) in [6, 6.07) is 11.5.